The van der Waals surface area contributed by atoms with Gasteiger partial charge in [0.15, 0.2) is 11.6 Å². The van der Waals surface area contributed by atoms with Gasteiger partial charge in [0.25, 0.3) is 0 Å². The quantitative estimate of drug-likeness (QED) is 0.626. The van der Waals surface area contributed by atoms with Gasteiger partial charge in [0.05, 0.1) is 13.2 Å². The Hall–Kier alpha value is -1.60. The molecule has 1 saturated heterocycles. The van der Waals surface area contributed by atoms with Crippen LogP contribution in [0, 0.1) is 0 Å². The normalized spacial score (nSPS) is 17.2. The Bertz CT molecular complexity index is 450. The number of ether oxygens (including phenoxy) is 1. The third kappa shape index (κ3) is 4.99. The molecule has 0 amide bonds. The maximum Gasteiger partial charge on any atom is 0.155 e. The first kappa shape index (κ1) is 16.8. The Labute approximate surface area is 132 Å². The molecule has 0 bridgehead atoms. The van der Waals surface area contributed by atoms with Crippen LogP contribution in [0.15, 0.2) is 6.33 Å². The summed E-state index contributed by atoms with van der Waals surface area (Å²) in [6.45, 7) is 9.89. The highest BCUT2D eigenvalue weighted by molar-refractivity contribution is 5.74. The largest absolute Gasteiger partial charge is 0.393 e. The van der Waals surface area contributed by atoms with Crippen molar-refractivity contribution in [2.24, 2.45) is 0 Å². The van der Waals surface area contributed by atoms with Gasteiger partial charge in [0.2, 0.25) is 0 Å². The third-order valence-electron chi connectivity index (χ3n) is 3.93. The van der Waals surface area contributed by atoms with Crippen molar-refractivity contribution in [1.82, 2.24) is 14.9 Å². The van der Waals surface area contributed by atoms with Gasteiger partial charge in [-0.3, -0.25) is 4.90 Å². The summed E-state index contributed by atoms with van der Waals surface area (Å²) in [7, 11) is 0. The molecule has 4 N–H and O–H groups in total. The smallest absolute Gasteiger partial charge is 0.155 e. The summed E-state index contributed by atoms with van der Waals surface area (Å²) >= 11 is 0. The molecule has 0 saturated carbocycles. The molecule has 0 spiro atoms. The van der Waals surface area contributed by atoms with Crippen molar-refractivity contribution in [2.45, 2.75) is 32.7 Å². The van der Waals surface area contributed by atoms with Crippen LogP contribution < -0.4 is 16.4 Å². The van der Waals surface area contributed by atoms with Crippen LogP contribution in [0.4, 0.5) is 17.3 Å². The molecular formula is C15H28N6O. The number of nitrogens with zero attached hydrogens (tertiary/aromatic N) is 3. The van der Waals surface area contributed by atoms with Gasteiger partial charge in [-0.25, -0.2) is 9.97 Å². The predicted octanol–water partition coefficient (Wildman–Crippen LogP) is 1.40. The van der Waals surface area contributed by atoms with Gasteiger partial charge < -0.3 is 21.1 Å². The van der Waals surface area contributed by atoms with E-state index >= 15 is 0 Å². The molecule has 7 heteroatoms. The van der Waals surface area contributed by atoms with Crippen LogP contribution in [-0.2, 0) is 4.74 Å². The van der Waals surface area contributed by atoms with Crippen molar-refractivity contribution in [1.29, 1.82) is 0 Å². The van der Waals surface area contributed by atoms with Crippen molar-refractivity contribution < 1.29 is 4.74 Å². The van der Waals surface area contributed by atoms with E-state index in [9.17, 15) is 0 Å². The highest BCUT2D eigenvalue weighted by Gasteiger charge is 2.11. The minimum Gasteiger partial charge on any atom is -0.393 e. The van der Waals surface area contributed by atoms with Crippen LogP contribution in [0.1, 0.15) is 26.7 Å². The highest BCUT2D eigenvalue weighted by Crippen LogP contribution is 2.23. The molecule has 0 aliphatic carbocycles. The topological polar surface area (TPSA) is 88.3 Å². The number of rotatable bonds is 8. The molecule has 1 atom stereocenters. The minimum absolute atomic E-state index is 0.339. The van der Waals surface area contributed by atoms with E-state index in [1.807, 2.05) is 0 Å². The van der Waals surface area contributed by atoms with Gasteiger partial charge in [-0.1, -0.05) is 6.92 Å². The second-order valence-corrected chi connectivity index (χ2v) is 5.67. The Morgan fingerprint density at radius 1 is 1.32 bits per heavy atom. The number of nitrogen functional groups attached to an aromatic ring is 1. The average Bonchev–Trinajstić information content (AvgIpc) is 2.55. The monoisotopic (exact) mass is 308 g/mol. The molecule has 22 heavy (non-hydrogen) atoms. The Morgan fingerprint density at radius 2 is 2.05 bits per heavy atom. The lowest BCUT2D eigenvalue weighted by Crippen LogP contribution is -2.37. The zero-order chi connectivity index (χ0) is 15.8. The third-order valence-corrected chi connectivity index (χ3v) is 3.93. The number of aromatic nitrogens is 2. The summed E-state index contributed by atoms with van der Waals surface area (Å²) in [5, 5.41) is 6.61. The predicted molar refractivity (Wildman–Crippen MR) is 90.2 cm³/mol. The number of nitrogens with two attached hydrogens (primary N) is 1. The van der Waals surface area contributed by atoms with E-state index in [1.165, 1.54) is 0 Å². The van der Waals surface area contributed by atoms with E-state index in [1.54, 1.807) is 6.33 Å². The summed E-state index contributed by atoms with van der Waals surface area (Å²) in [4.78, 5) is 10.9. The standard InChI is InChI=1S/C15H28N6O/c1-3-12(2)20-15-13(16)14(18-11-19-15)17-5-4-6-21-7-9-22-10-8-21/h11-12H,3-10,16H2,1-2H3,(H2,17,18,19,20). The van der Waals surface area contributed by atoms with Crippen molar-refractivity contribution in [3.05, 3.63) is 6.33 Å². The van der Waals surface area contributed by atoms with Gasteiger partial charge in [-0.2, -0.15) is 0 Å². The fraction of sp³-hybridized carbons (Fsp3) is 0.733. The average molecular weight is 308 g/mol. The van der Waals surface area contributed by atoms with Crippen LogP contribution in [0.3, 0.4) is 0 Å². The lowest BCUT2D eigenvalue weighted by Gasteiger charge is -2.26. The number of anilines is 3. The molecule has 1 aliphatic rings. The van der Waals surface area contributed by atoms with E-state index in [2.05, 4.69) is 39.3 Å². The summed E-state index contributed by atoms with van der Waals surface area (Å²) in [5.41, 5.74) is 6.73. The first-order valence-electron chi connectivity index (χ1n) is 8.11. The number of hydrogen-bond acceptors (Lipinski definition) is 7. The van der Waals surface area contributed by atoms with E-state index in [4.69, 9.17) is 10.5 Å². The van der Waals surface area contributed by atoms with Crippen LogP contribution in [0.25, 0.3) is 0 Å². The van der Waals surface area contributed by atoms with Crippen molar-refractivity contribution >= 4 is 17.3 Å². The van der Waals surface area contributed by atoms with E-state index in [0.29, 0.717) is 23.4 Å². The Morgan fingerprint density at radius 3 is 2.77 bits per heavy atom. The van der Waals surface area contributed by atoms with Gasteiger partial charge >= 0.3 is 0 Å². The Kier molecular flexibility index (Phi) is 6.67. The van der Waals surface area contributed by atoms with Gasteiger partial charge in [0.1, 0.15) is 12.0 Å². The summed E-state index contributed by atoms with van der Waals surface area (Å²) in [6, 6.07) is 0.339. The van der Waals surface area contributed by atoms with E-state index < -0.39 is 0 Å². The fourth-order valence-electron chi connectivity index (χ4n) is 2.32. The highest BCUT2D eigenvalue weighted by atomic mass is 16.5. The second-order valence-electron chi connectivity index (χ2n) is 5.67. The molecule has 1 aromatic rings. The SMILES string of the molecule is CCC(C)Nc1ncnc(NCCCN2CCOCC2)c1N. The van der Waals surface area contributed by atoms with E-state index in [-0.39, 0.29) is 0 Å². The van der Waals surface area contributed by atoms with Crippen LogP contribution in [0.2, 0.25) is 0 Å². The van der Waals surface area contributed by atoms with Crippen LogP contribution in [-0.4, -0.2) is 60.3 Å². The molecule has 1 fully saturated rings. The molecule has 0 radical (unpaired) electrons. The molecule has 2 heterocycles. The zero-order valence-electron chi connectivity index (χ0n) is 13.6. The van der Waals surface area contributed by atoms with Gasteiger partial charge in [0, 0.05) is 25.7 Å². The van der Waals surface area contributed by atoms with Gasteiger partial charge in [-0.05, 0) is 26.3 Å². The first-order valence-corrected chi connectivity index (χ1v) is 8.11. The number of nitrogens with one attached hydrogen (secondary N) is 2. The second kappa shape index (κ2) is 8.75. The maximum atomic E-state index is 6.13. The summed E-state index contributed by atoms with van der Waals surface area (Å²) < 4.78 is 5.35. The van der Waals surface area contributed by atoms with Crippen molar-refractivity contribution in [2.75, 3.05) is 55.8 Å². The lowest BCUT2D eigenvalue weighted by molar-refractivity contribution is 0.0378. The zero-order valence-corrected chi connectivity index (χ0v) is 13.6. The minimum atomic E-state index is 0.339. The molecule has 2 rings (SSSR count). The first-order chi connectivity index (χ1) is 10.7. The Balaban J connectivity index is 1.78. The summed E-state index contributed by atoms with van der Waals surface area (Å²) in [6.07, 6.45) is 3.62. The molecule has 7 nitrogen and oxygen atoms in total. The molecular weight excluding hydrogens is 280 g/mol. The molecule has 1 aliphatic heterocycles. The molecule has 1 unspecified atom stereocenters. The molecule has 0 aromatic carbocycles. The maximum absolute atomic E-state index is 6.13. The van der Waals surface area contributed by atoms with Crippen LogP contribution in [0.5, 0.6) is 0 Å². The molecule has 1 aromatic heterocycles. The van der Waals surface area contributed by atoms with Crippen molar-refractivity contribution in [3.63, 3.8) is 0 Å². The van der Waals surface area contributed by atoms with E-state index in [0.717, 1.165) is 52.2 Å². The van der Waals surface area contributed by atoms with Crippen molar-refractivity contribution in [3.8, 4) is 0 Å². The molecule has 124 valence electrons. The fourth-order valence-corrected chi connectivity index (χ4v) is 2.32. The summed E-state index contributed by atoms with van der Waals surface area (Å²) in [5.74, 6) is 1.42. The van der Waals surface area contributed by atoms with Gasteiger partial charge in [-0.15, -0.1) is 0 Å². The lowest BCUT2D eigenvalue weighted by atomic mass is 10.2. The number of morpholine rings is 1. The van der Waals surface area contributed by atoms with Crippen LogP contribution >= 0.6 is 0 Å². The number of hydrogen-bond donors (Lipinski definition) is 3.